The molecule has 7 nitrogen and oxygen atoms in total. The third kappa shape index (κ3) is 6.29. The highest BCUT2D eigenvalue weighted by atomic mass is 32.1. The molecular formula is C19H25FN4O3S. The van der Waals surface area contributed by atoms with E-state index in [9.17, 15) is 14.3 Å². The van der Waals surface area contributed by atoms with Gasteiger partial charge in [-0.1, -0.05) is 0 Å². The first-order valence-corrected chi connectivity index (χ1v) is 9.73. The Balaban J connectivity index is 1.94. The summed E-state index contributed by atoms with van der Waals surface area (Å²) in [5.41, 5.74) is 2.09. The van der Waals surface area contributed by atoms with E-state index >= 15 is 0 Å². The monoisotopic (exact) mass is 408 g/mol. The molecule has 0 saturated heterocycles. The molecule has 0 fully saturated rings. The summed E-state index contributed by atoms with van der Waals surface area (Å²) in [7, 11) is 1.72. The summed E-state index contributed by atoms with van der Waals surface area (Å²) in [5.74, 6) is -0.456. The number of nitrogens with one attached hydrogen (secondary N) is 2. The number of ether oxygens (including phenoxy) is 1. The van der Waals surface area contributed by atoms with E-state index in [2.05, 4.69) is 10.7 Å². The van der Waals surface area contributed by atoms with E-state index in [4.69, 9.17) is 10.1 Å². The molecule has 0 aliphatic carbocycles. The molecule has 1 unspecified atom stereocenters. The first kappa shape index (κ1) is 21.8. The van der Waals surface area contributed by atoms with E-state index in [1.54, 1.807) is 35.4 Å². The minimum Gasteiger partial charge on any atom is -0.460 e. The molecule has 9 heteroatoms. The molecule has 1 aromatic carbocycles. The van der Waals surface area contributed by atoms with Gasteiger partial charge in [-0.2, -0.15) is 11.3 Å². The Morgan fingerprint density at radius 1 is 1.43 bits per heavy atom. The summed E-state index contributed by atoms with van der Waals surface area (Å²) in [6, 6.07) is 6.74. The standard InChI is InChI=1S/C19H25FN4O3S/c1-23(10-17(11-25)27-14-26)16-2-3-19(18(20)8-16)24(13-21)6-5-22-9-15-4-7-28-12-15/h2-4,7-8,12-14,17,21-22,25H,5-6,9-11H2,1H3. The third-order valence-corrected chi connectivity index (χ3v) is 4.94. The van der Waals surface area contributed by atoms with Crippen LogP contribution in [0.15, 0.2) is 35.0 Å². The maximum atomic E-state index is 14.6. The lowest BCUT2D eigenvalue weighted by Gasteiger charge is -2.25. The summed E-state index contributed by atoms with van der Waals surface area (Å²) >= 11 is 1.64. The highest BCUT2D eigenvalue weighted by Gasteiger charge is 2.15. The Labute approximate surface area is 167 Å². The molecule has 1 atom stereocenters. The van der Waals surface area contributed by atoms with Crippen LogP contribution in [-0.2, 0) is 16.1 Å². The van der Waals surface area contributed by atoms with E-state index in [1.807, 2.05) is 11.4 Å². The fourth-order valence-corrected chi connectivity index (χ4v) is 3.35. The molecule has 0 aliphatic heterocycles. The van der Waals surface area contributed by atoms with Crippen LogP contribution >= 0.6 is 11.3 Å². The van der Waals surface area contributed by atoms with Gasteiger partial charge in [-0.3, -0.25) is 10.2 Å². The average Bonchev–Trinajstić information content (AvgIpc) is 3.21. The number of hydrogen-bond acceptors (Lipinski definition) is 7. The second kappa shape index (κ2) is 11.4. The van der Waals surface area contributed by atoms with Crippen LogP contribution in [0.25, 0.3) is 0 Å². The van der Waals surface area contributed by atoms with Crippen LogP contribution in [0.3, 0.4) is 0 Å². The average molecular weight is 408 g/mol. The highest BCUT2D eigenvalue weighted by molar-refractivity contribution is 7.07. The molecule has 0 aliphatic rings. The minimum absolute atomic E-state index is 0.231. The molecule has 0 amide bonds. The van der Waals surface area contributed by atoms with E-state index in [0.29, 0.717) is 24.5 Å². The van der Waals surface area contributed by atoms with Crippen LogP contribution in [0.4, 0.5) is 15.8 Å². The quantitative estimate of drug-likeness (QED) is 0.204. The number of aliphatic hydroxyl groups is 1. The molecule has 1 heterocycles. The van der Waals surface area contributed by atoms with Crippen molar-refractivity contribution in [3.8, 4) is 0 Å². The molecule has 152 valence electrons. The van der Waals surface area contributed by atoms with Crippen molar-refractivity contribution in [1.29, 1.82) is 5.41 Å². The molecule has 0 radical (unpaired) electrons. The molecule has 0 bridgehead atoms. The number of likely N-dealkylation sites (N-methyl/N-ethyl adjacent to an activating group) is 1. The van der Waals surface area contributed by atoms with Gasteiger partial charge in [-0.05, 0) is 40.6 Å². The van der Waals surface area contributed by atoms with Crippen molar-refractivity contribution in [3.05, 3.63) is 46.4 Å². The fraction of sp³-hybridized carbons (Fsp3) is 0.368. The highest BCUT2D eigenvalue weighted by Crippen LogP contribution is 2.24. The normalized spacial score (nSPS) is 11.7. The number of rotatable bonds is 13. The van der Waals surface area contributed by atoms with Gasteiger partial charge in [0.15, 0.2) is 0 Å². The number of carbonyl (C=O) groups is 1. The summed E-state index contributed by atoms with van der Waals surface area (Å²) < 4.78 is 19.4. The lowest BCUT2D eigenvalue weighted by atomic mass is 10.2. The van der Waals surface area contributed by atoms with Gasteiger partial charge in [0.25, 0.3) is 6.47 Å². The lowest BCUT2D eigenvalue weighted by molar-refractivity contribution is -0.134. The second-order valence-corrected chi connectivity index (χ2v) is 6.96. The molecule has 28 heavy (non-hydrogen) atoms. The molecule has 1 aromatic heterocycles. The zero-order valence-corrected chi connectivity index (χ0v) is 16.5. The minimum atomic E-state index is -0.683. The second-order valence-electron chi connectivity index (χ2n) is 6.18. The summed E-state index contributed by atoms with van der Waals surface area (Å²) in [4.78, 5) is 13.7. The van der Waals surface area contributed by atoms with Gasteiger partial charge in [-0.15, -0.1) is 0 Å². The van der Waals surface area contributed by atoms with Gasteiger partial charge >= 0.3 is 0 Å². The molecule has 0 spiro atoms. The Hall–Kier alpha value is -2.49. The van der Waals surface area contributed by atoms with Crippen molar-refractivity contribution in [2.45, 2.75) is 12.6 Å². The summed E-state index contributed by atoms with van der Waals surface area (Å²) in [5, 5.41) is 24.1. The number of carbonyl (C=O) groups excluding carboxylic acids is 1. The van der Waals surface area contributed by atoms with Gasteiger partial charge in [0.05, 0.1) is 25.2 Å². The van der Waals surface area contributed by atoms with Gasteiger partial charge < -0.3 is 25.0 Å². The van der Waals surface area contributed by atoms with E-state index in [0.717, 1.165) is 12.9 Å². The van der Waals surface area contributed by atoms with Crippen LogP contribution in [-0.4, -0.2) is 57.3 Å². The predicted molar refractivity (Wildman–Crippen MR) is 110 cm³/mol. The number of aliphatic hydroxyl groups excluding tert-OH is 1. The maximum absolute atomic E-state index is 14.6. The van der Waals surface area contributed by atoms with Gasteiger partial charge in [-0.25, -0.2) is 4.39 Å². The number of benzene rings is 1. The Morgan fingerprint density at radius 2 is 2.25 bits per heavy atom. The first-order valence-electron chi connectivity index (χ1n) is 8.78. The van der Waals surface area contributed by atoms with Crippen molar-refractivity contribution in [2.75, 3.05) is 43.1 Å². The number of nitrogens with zero attached hydrogens (tertiary/aromatic N) is 2. The number of hydrogen-bond donors (Lipinski definition) is 3. The van der Waals surface area contributed by atoms with E-state index in [1.165, 1.54) is 16.5 Å². The summed E-state index contributed by atoms with van der Waals surface area (Å²) in [6.07, 6.45) is 0.422. The van der Waals surface area contributed by atoms with Crippen LogP contribution in [0.2, 0.25) is 0 Å². The Kier molecular flexibility index (Phi) is 8.86. The fourth-order valence-electron chi connectivity index (χ4n) is 2.68. The van der Waals surface area contributed by atoms with Crippen molar-refractivity contribution >= 4 is 35.5 Å². The van der Waals surface area contributed by atoms with Gasteiger partial charge in [0.1, 0.15) is 11.9 Å². The molecular weight excluding hydrogens is 383 g/mol. The zero-order chi connectivity index (χ0) is 20.4. The van der Waals surface area contributed by atoms with Crippen LogP contribution in [0.5, 0.6) is 0 Å². The van der Waals surface area contributed by atoms with Crippen molar-refractivity contribution < 1.29 is 19.0 Å². The van der Waals surface area contributed by atoms with Crippen molar-refractivity contribution in [1.82, 2.24) is 5.32 Å². The van der Waals surface area contributed by atoms with Gasteiger partial charge in [0.2, 0.25) is 0 Å². The largest absolute Gasteiger partial charge is 0.460 e. The number of anilines is 2. The molecule has 3 N–H and O–H groups in total. The third-order valence-electron chi connectivity index (χ3n) is 4.21. The predicted octanol–water partition coefficient (Wildman–Crippen LogP) is 2.06. The smallest absolute Gasteiger partial charge is 0.293 e. The van der Waals surface area contributed by atoms with Crippen LogP contribution in [0.1, 0.15) is 5.56 Å². The van der Waals surface area contributed by atoms with E-state index < -0.39 is 11.9 Å². The molecule has 2 aromatic rings. The topological polar surface area (TPSA) is 88.9 Å². The van der Waals surface area contributed by atoms with Crippen molar-refractivity contribution in [2.24, 2.45) is 0 Å². The summed E-state index contributed by atoms with van der Waals surface area (Å²) in [6.45, 7) is 1.99. The molecule has 2 rings (SSSR count). The van der Waals surface area contributed by atoms with Crippen molar-refractivity contribution in [3.63, 3.8) is 0 Å². The van der Waals surface area contributed by atoms with Crippen LogP contribution < -0.4 is 15.1 Å². The Morgan fingerprint density at radius 3 is 2.86 bits per heavy atom. The maximum Gasteiger partial charge on any atom is 0.293 e. The van der Waals surface area contributed by atoms with Crippen LogP contribution in [0, 0.1) is 11.2 Å². The van der Waals surface area contributed by atoms with Gasteiger partial charge in [0, 0.05) is 32.4 Å². The first-order chi connectivity index (χ1) is 13.6. The number of halogens is 1. The SMILES string of the molecule is CN(CC(CO)OC=O)c1ccc(N(C=N)CCNCc2ccsc2)c(F)c1. The lowest BCUT2D eigenvalue weighted by Crippen LogP contribution is -2.33. The Bertz CT molecular complexity index is 745. The van der Waals surface area contributed by atoms with E-state index in [-0.39, 0.29) is 19.6 Å². The zero-order valence-electron chi connectivity index (χ0n) is 15.7. The molecule has 0 saturated carbocycles. The number of thiophene rings is 1.